The fourth-order valence-electron chi connectivity index (χ4n) is 3.59. The minimum Gasteiger partial charge on any atom is -0.382 e. The van der Waals surface area contributed by atoms with Gasteiger partial charge < -0.3 is 16.0 Å². The van der Waals surface area contributed by atoms with Crippen molar-refractivity contribution in [2.75, 3.05) is 5.73 Å². The van der Waals surface area contributed by atoms with Gasteiger partial charge in [-0.25, -0.2) is 4.98 Å². The first-order valence-electron chi connectivity index (χ1n) is 8.85. The summed E-state index contributed by atoms with van der Waals surface area (Å²) in [6.45, 7) is 0.338. The predicted octanol–water partition coefficient (Wildman–Crippen LogP) is 3.39. The topological polar surface area (TPSA) is 112 Å². The third-order valence-corrected chi connectivity index (χ3v) is 5.25. The van der Waals surface area contributed by atoms with Crippen LogP contribution in [-0.4, -0.2) is 26.1 Å². The SMILES string of the molecule is Nc1n[nH]c2cc(-c3nc(CNC(=O)CC4CCCC4)[nH]c3Cl)ccc12. The van der Waals surface area contributed by atoms with Crippen molar-refractivity contribution in [2.45, 2.75) is 38.6 Å². The van der Waals surface area contributed by atoms with E-state index in [4.69, 9.17) is 17.3 Å². The number of aromatic amines is 2. The van der Waals surface area contributed by atoms with Crippen molar-refractivity contribution in [2.24, 2.45) is 5.92 Å². The van der Waals surface area contributed by atoms with Gasteiger partial charge in [0, 0.05) is 17.4 Å². The lowest BCUT2D eigenvalue weighted by Gasteiger charge is -2.08. The van der Waals surface area contributed by atoms with Crippen molar-refractivity contribution < 1.29 is 4.79 Å². The molecule has 0 aliphatic heterocycles. The van der Waals surface area contributed by atoms with Crippen LogP contribution in [0.5, 0.6) is 0 Å². The third-order valence-electron chi connectivity index (χ3n) is 4.98. The Kier molecular flexibility index (Phi) is 4.55. The van der Waals surface area contributed by atoms with Crippen molar-refractivity contribution in [1.29, 1.82) is 0 Å². The van der Waals surface area contributed by atoms with Crippen molar-refractivity contribution in [1.82, 2.24) is 25.5 Å². The number of hydrogen-bond acceptors (Lipinski definition) is 4. The number of halogens is 1. The fraction of sp³-hybridized carbons (Fsp3) is 0.389. The predicted molar refractivity (Wildman–Crippen MR) is 102 cm³/mol. The van der Waals surface area contributed by atoms with E-state index in [1.165, 1.54) is 12.8 Å². The Labute approximate surface area is 155 Å². The van der Waals surface area contributed by atoms with Crippen LogP contribution in [0.15, 0.2) is 18.2 Å². The van der Waals surface area contributed by atoms with Gasteiger partial charge in [0.2, 0.25) is 5.91 Å². The molecule has 136 valence electrons. The maximum absolute atomic E-state index is 12.1. The quantitative estimate of drug-likeness (QED) is 0.549. The lowest BCUT2D eigenvalue weighted by Crippen LogP contribution is -2.25. The van der Waals surface area contributed by atoms with Crippen LogP contribution < -0.4 is 11.1 Å². The molecule has 0 saturated heterocycles. The van der Waals surface area contributed by atoms with E-state index in [9.17, 15) is 4.79 Å². The molecule has 0 atom stereocenters. The van der Waals surface area contributed by atoms with Crippen molar-refractivity contribution >= 4 is 34.2 Å². The molecule has 3 aromatic rings. The molecule has 2 aromatic heterocycles. The second kappa shape index (κ2) is 6.99. The van der Waals surface area contributed by atoms with Crippen LogP contribution in [0.4, 0.5) is 5.82 Å². The summed E-state index contributed by atoms with van der Waals surface area (Å²) < 4.78 is 0. The molecule has 1 aliphatic rings. The Hall–Kier alpha value is -2.54. The molecule has 5 N–H and O–H groups in total. The summed E-state index contributed by atoms with van der Waals surface area (Å²) in [6.07, 6.45) is 5.39. The number of benzene rings is 1. The first-order chi connectivity index (χ1) is 12.6. The molecule has 1 aliphatic carbocycles. The summed E-state index contributed by atoms with van der Waals surface area (Å²) in [6, 6.07) is 5.69. The first-order valence-corrected chi connectivity index (χ1v) is 9.23. The minimum atomic E-state index is 0.0697. The normalized spacial score (nSPS) is 15.0. The zero-order valence-corrected chi connectivity index (χ0v) is 15.1. The maximum atomic E-state index is 12.1. The van der Waals surface area contributed by atoms with Gasteiger partial charge in [-0.05, 0) is 30.9 Å². The summed E-state index contributed by atoms with van der Waals surface area (Å²) >= 11 is 6.31. The number of hydrogen-bond donors (Lipinski definition) is 4. The number of amides is 1. The number of fused-ring (bicyclic) bond motifs is 1. The van der Waals surface area contributed by atoms with Gasteiger partial charge in [0.1, 0.15) is 16.7 Å². The van der Waals surface area contributed by atoms with E-state index in [1.807, 2.05) is 18.2 Å². The van der Waals surface area contributed by atoms with Crippen molar-refractivity contribution in [3.05, 3.63) is 29.2 Å². The largest absolute Gasteiger partial charge is 0.382 e. The van der Waals surface area contributed by atoms with Gasteiger partial charge in [0.05, 0.1) is 12.1 Å². The number of imidazole rings is 1. The van der Waals surface area contributed by atoms with Gasteiger partial charge in [0.25, 0.3) is 0 Å². The molecule has 1 fully saturated rings. The first kappa shape index (κ1) is 16.9. The van der Waals surface area contributed by atoms with Crippen LogP contribution in [-0.2, 0) is 11.3 Å². The Morgan fingerprint density at radius 1 is 1.35 bits per heavy atom. The molecule has 1 aromatic carbocycles. The number of anilines is 1. The number of nitrogens with two attached hydrogens (primary N) is 1. The lowest BCUT2D eigenvalue weighted by molar-refractivity contribution is -0.122. The summed E-state index contributed by atoms with van der Waals surface area (Å²) in [4.78, 5) is 19.6. The summed E-state index contributed by atoms with van der Waals surface area (Å²) in [5.74, 6) is 1.69. The number of nitrogens with one attached hydrogen (secondary N) is 3. The monoisotopic (exact) mass is 372 g/mol. The van der Waals surface area contributed by atoms with Gasteiger partial charge in [0.15, 0.2) is 5.82 Å². The highest BCUT2D eigenvalue weighted by atomic mass is 35.5. The van der Waals surface area contributed by atoms with Crippen LogP contribution in [0, 0.1) is 5.92 Å². The standard InChI is InChI=1S/C18H21ClN6O/c19-17-16(11-5-6-12-13(8-11)24-25-18(12)20)22-14(23-17)9-21-15(26)7-10-3-1-2-4-10/h5-6,8,10H,1-4,7,9H2,(H,21,26)(H,22,23)(H3,20,24,25). The number of aromatic nitrogens is 4. The molecule has 1 saturated carbocycles. The second-order valence-corrected chi connectivity index (χ2v) is 7.22. The van der Waals surface area contributed by atoms with Crippen LogP contribution in [0.2, 0.25) is 5.15 Å². The van der Waals surface area contributed by atoms with Crippen LogP contribution >= 0.6 is 11.6 Å². The molecule has 7 nitrogen and oxygen atoms in total. The highest BCUT2D eigenvalue weighted by Gasteiger charge is 2.19. The third kappa shape index (κ3) is 3.39. The maximum Gasteiger partial charge on any atom is 0.220 e. The Morgan fingerprint density at radius 3 is 2.96 bits per heavy atom. The Bertz CT molecular complexity index is 940. The van der Waals surface area contributed by atoms with Gasteiger partial charge in [-0.1, -0.05) is 30.5 Å². The molecular weight excluding hydrogens is 352 g/mol. The number of H-pyrrole nitrogens is 2. The van der Waals surface area contributed by atoms with Crippen LogP contribution in [0.25, 0.3) is 22.2 Å². The van der Waals surface area contributed by atoms with Crippen molar-refractivity contribution in [3.63, 3.8) is 0 Å². The number of carbonyl (C=O) groups excluding carboxylic acids is 1. The zero-order chi connectivity index (χ0) is 18.1. The van der Waals surface area contributed by atoms with Gasteiger partial charge in [-0.15, -0.1) is 0 Å². The molecule has 0 spiro atoms. The van der Waals surface area contributed by atoms with Crippen LogP contribution in [0.1, 0.15) is 37.9 Å². The molecule has 0 unspecified atom stereocenters. The average Bonchev–Trinajstić information content (AvgIpc) is 3.34. The molecule has 8 heteroatoms. The van der Waals surface area contributed by atoms with E-state index < -0.39 is 0 Å². The van der Waals surface area contributed by atoms with Crippen molar-refractivity contribution in [3.8, 4) is 11.3 Å². The molecule has 1 amide bonds. The van der Waals surface area contributed by atoms with E-state index in [1.54, 1.807) is 0 Å². The van der Waals surface area contributed by atoms with E-state index in [0.717, 1.165) is 29.3 Å². The summed E-state index contributed by atoms with van der Waals surface area (Å²) in [5.41, 5.74) is 8.11. The van der Waals surface area contributed by atoms with Gasteiger partial charge >= 0.3 is 0 Å². The number of carbonyl (C=O) groups is 1. The van der Waals surface area contributed by atoms with Crippen LogP contribution in [0.3, 0.4) is 0 Å². The van der Waals surface area contributed by atoms with E-state index in [-0.39, 0.29) is 5.91 Å². The smallest absolute Gasteiger partial charge is 0.220 e. The minimum absolute atomic E-state index is 0.0697. The van der Waals surface area contributed by atoms with E-state index in [0.29, 0.717) is 41.4 Å². The Balaban J connectivity index is 1.45. The zero-order valence-electron chi connectivity index (χ0n) is 14.3. The lowest BCUT2D eigenvalue weighted by atomic mass is 10.0. The average molecular weight is 373 g/mol. The Morgan fingerprint density at radius 2 is 2.15 bits per heavy atom. The fourth-order valence-corrected chi connectivity index (χ4v) is 3.85. The van der Waals surface area contributed by atoms with Gasteiger partial charge in [-0.2, -0.15) is 5.10 Å². The summed E-state index contributed by atoms with van der Waals surface area (Å²) in [5, 5.41) is 11.1. The number of nitrogens with zero attached hydrogens (tertiary/aromatic N) is 2. The second-order valence-electron chi connectivity index (χ2n) is 6.85. The number of nitrogen functional groups attached to an aromatic ring is 1. The molecule has 26 heavy (non-hydrogen) atoms. The number of rotatable bonds is 5. The highest BCUT2D eigenvalue weighted by Crippen LogP contribution is 2.30. The molecular formula is C18H21ClN6O. The molecule has 2 heterocycles. The summed E-state index contributed by atoms with van der Waals surface area (Å²) in [7, 11) is 0. The van der Waals surface area contributed by atoms with E-state index >= 15 is 0 Å². The molecule has 0 radical (unpaired) electrons. The van der Waals surface area contributed by atoms with E-state index in [2.05, 4.69) is 25.5 Å². The molecule has 4 rings (SSSR count). The van der Waals surface area contributed by atoms with Gasteiger partial charge in [-0.3, -0.25) is 9.89 Å². The highest BCUT2D eigenvalue weighted by molar-refractivity contribution is 6.32. The molecule has 0 bridgehead atoms.